The molecule has 2 heterocycles. The maximum atomic E-state index is 12.3. The van der Waals surface area contributed by atoms with E-state index in [-0.39, 0.29) is 12.6 Å². The van der Waals surface area contributed by atoms with Crippen molar-refractivity contribution < 1.29 is 15.0 Å². The molecule has 1 aliphatic heterocycles. The molecule has 7 heteroatoms. The number of carbonyl (C=O) groups is 1. The number of aliphatic hydroxyl groups is 2. The predicted molar refractivity (Wildman–Crippen MR) is 101 cm³/mol. The van der Waals surface area contributed by atoms with Gasteiger partial charge in [0.15, 0.2) is 0 Å². The number of rotatable bonds is 4. The Kier molecular flexibility index (Phi) is 5.88. The highest BCUT2D eigenvalue weighted by Gasteiger charge is 2.20. The lowest BCUT2D eigenvalue weighted by Gasteiger charge is -2.27. The summed E-state index contributed by atoms with van der Waals surface area (Å²) in [6, 6.07) is 10.8. The van der Waals surface area contributed by atoms with Crippen molar-refractivity contribution in [3.8, 4) is 0 Å². The molecule has 1 unspecified atom stereocenters. The highest BCUT2D eigenvalue weighted by molar-refractivity contribution is 6.32. The molecule has 0 saturated heterocycles. The van der Waals surface area contributed by atoms with Crippen LogP contribution in [-0.4, -0.2) is 45.8 Å². The molecule has 0 saturated carbocycles. The summed E-state index contributed by atoms with van der Waals surface area (Å²) < 4.78 is 0. The molecule has 0 spiro atoms. The van der Waals surface area contributed by atoms with Crippen LogP contribution in [0.2, 0.25) is 5.02 Å². The van der Waals surface area contributed by atoms with E-state index in [1.54, 1.807) is 11.0 Å². The Morgan fingerprint density at radius 1 is 1.35 bits per heavy atom. The van der Waals surface area contributed by atoms with Gasteiger partial charge in [-0.3, -0.25) is 4.98 Å². The molecule has 3 N–H and O–H groups in total. The first-order valence-corrected chi connectivity index (χ1v) is 8.71. The molecule has 1 atom stereocenters. The van der Waals surface area contributed by atoms with Gasteiger partial charge >= 0.3 is 6.03 Å². The number of aliphatic hydroxyl groups excluding tert-OH is 2. The SMILES string of the molecule is O=C(Nc1ccccc1)N1CC=C(c2ncc(C(O)CO)cc2Cl)CC1. The van der Waals surface area contributed by atoms with Gasteiger partial charge in [-0.05, 0) is 30.2 Å². The van der Waals surface area contributed by atoms with E-state index in [0.717, 1.165) is 11.3 Å². The molecular weight excluding hydrogens is 354 g/mol. The van der Waals surface area contributed by atoms with Crippen molar-refractivity contribution in [3.05, 3.63) is 65.0 Å². The quantitative estimate of drug-likeness (QED) is 0.768. The van der Waals surface area contributed by atoms with Crippen molar-refractivity contribution in [1.29, 1.82) is 0 Å². The van der Waals surface area contributed by atoms with Crippen LogP contribution in [-0.2, 0) is 0 Å². The van der Waals surface area contributed by atoms with Crippen molar-refractivity contribution >= 4 is 28.9 Å². The Morgan fingerprint density at radius 3 is 2.73 bits per heavy atom. The fourth-order valence-electron chi connectivity index (χ4n) is 2.77. The molecule has 1 aliphatic rings. The normalized spacial score (nSPS) is 15.3. The van der Waals surface area contributed by atoms with Crippen LogP contribution >= 0.6 is 11.6 Å². The van der Waals surface area contributed by atoms with E-state index in [9.17, 15) is 9.90 Å². The fourth-order valence-corrected chi connectivity index (χ4v) is 3.07. The largest absolute Gasteiger partial charge is 0.393 e. The van der Waals surface area contributed by atoms with Crippen LogP contribution in [0.3, 0.4) is 0 Å². The number of hydrogen-bond acceptors (Lipinski definition) is 4. The first-order valence-electron chi connectivity index (χ1n) is 8.33. The molecule has 3 rings (SSSR count). The van der Waals surface area contributed by atoms with Gasteiger partial charge in [-0.2, -0.15) is 0 Å². The van der Waals surface area contributed by atoms with E-state index in [4.69, 9.17) is 16.7 Å². The summed E-state index contributed by atoms with van der Waals surface area (Å²) >= 11 is 6.28. The van der Waals surface area contributed by atoms with Gasteiger partial charge < -0.3 is 20.4 Å². The van der Waals surface area contributed by atoms with Crippen molar-refractivity contribution in [2.24, 2.45) is 0 Å². The average molecular weight is 374 g/mol. The Morgan fingerprint density at radius 2 is 2.12 bits per heavy atom. The third-order valence-electron chi connectivity index (χ3n) is 4.25. The Labute approximate surface area is 156 Å². The number of carbonyl (C=O) groups excluding carboxylic acids is 1. The average Bonchev–Trinajstić information content (AvgIpc) is 2.68. The van der Waals surface area contributed by atoms with Crippen LogP contribution < -0.4 is 5.32 Å². The molecule has 1 aromatic carbocycles. The Hall–Kier alpha value is -2.41. The lowest BCUT2D eigenvalue weighted by Crippen LogP contribution is -2.37. The molecular formula is C19H20ClN3O3. The summed E-state index contributed by atoms with van der Waals surface area (Å²) in [6.07, 6.45) is 3.09. The number of urea groups is 1. The number of pyridine rings is 1. The first-order chi connectivity index (χ1) is 12.6. The number of para-hydroxylation sites is 1. The second-order valence-electron chi connectivity index (χ2n) is 6.02. The van der Waals surface area contributed by atoms with E-state index in [1.165, 1.54) is 6.20 Å². The summed E-state index contributed by atoms with van der Waals surface area (Å²) in [7, 11) is 0. The smallest absolute Gasteiger partial charge is 0.322 e. The van der Waals surface area contributed by atoms with Gasteiger partial charge in [0.2, 0.25) is 0 Å². The van der Waals surface area contributed by atoms with Gasteiger partial charge in [0.05, 0.1) is 17.3 Å². The maximum absolute atomic E-state index is 12.3. The maximum Gasteiger partial charge on any atom is 0.322 e. The number of benzene rings is 1. The molecule has 2 aromatic rings. The van der Waals surface area contributed by atoms with E-state index in [2.05, 4.69) is 10.3 Å². The van der Waals surface area contributed by atoms with Crippen molar-refractivity contribution in [2.45, 2.75) is 12.5 Å². The first kappa shape index (κ1) is 18.4. The van der Waals surface area contributed by atoms with Crippen LogP contribution in [0.5, 0.6) is 0 Å². The molecule has 0 bridgehead atoms. The summed E-state index contributed by atoms with van der Waals surface area (Å²) in [6.45, 7) is 0.641. The molecule has 6 nitrogen and oxygen atoms in total. The Bertz CT molecular complexity index is 811. The number of amides is 2. The van der Waals surface area contributed by atoms with Gasteiger partial charge in [-0.1, -0.05) is 35.9 Å². The van der Waals surface area contributed by atoms with Crippen LogP contribution in [0.4, 0.5) is 10.5 Å². The number of nitrogens with one attached hydrogen (secondary N) is 1. The molecule has 26 heavy (non-hydrogen) atoms. The highest BCUT2D eigenvalue weighted by atomic mass is 35.5. The second kappa shape index (κ2) is 8.31. The zero-order valence-corrected chi connectivity index (χ0v) is 14.9. The lowest BCUT2D eigenvalue weighted by atomic mass is 10.0. The van der Waals surface area contributed by atoms with Crippen LogP contribution in [0.15, 0.2) is 48.7 Å². The minimum Gasteiger partial charge on any atom is -0.393 e. The molecule has 0 fully saturated rings. The van der Waals surface area contributed by atoms with Crippen molar-refractivity contribution in [2.75, 3.05) is 25.0 Å². The third-order valence-corrected chi connectivity index (χ3v) is 4.53. The van der Waals surface area contributed by atoms with Gasteiger partial charge in [-0.25, -0.2) is 4.79 Å². The van der Waals surface area contributed by atoms with E-state index in [0.29, 0.717) is 35.8 Å². The van der Waals surface area contributed by atoms with Crippen LogP contribution in [0, 0.1) is 0 Å². The minimum atomic E-state index is -0.994. The number of anilines is 1. The second-order valence-corrected chi connectivity index (χ2v) is 6.43. The number of halogens is 1. The molecule has 136 valence electrons. The topological polar surface area (TPSA) is 85.7 Å². The molecule has 0 radical (unpaired) electrons. The predicted octanol–water partition coefficient (Wildman–Crippen LogP) is 3.08. The number of aromatic nitrogens is 1. The van der Waals surface area contributed by atoms with Crippen LogP contribution in [0.25, 0.3) is 5.57 Å². The lowest BCUT2D eigenvalue weighted by molar-refractivity contribution is 0.0953. The van der Waals surface area contributed by atoms with E-state index >= 15 is 0 Å². The summed E-state index contributed by atoms with van der Waals surface area (Å²) in [5.41, 5.74) is 2.84. The monoisotopic (exact) mass is 373 g/mol. The Balaban J connectivity index is 1.67. The molecule has 0 aliphatic carbocycles. The van der Waals surface area contributed by atoms with Crippen LogP contribution in [0.1, 0.15) is 23.8 Å². The molecule has 2 amide bonds. The summed E-state index contributed by atoms with van der Waals surface area (Å²) in [4.78, 5) is 18.4. The highest BCUT2D eigenvalue weighted by Crippen LogP contribution is 2.29. The third kappa shape index (κ3) is 4.22. The van der Waals surface area contributed by atoms with Crippen molar-refractivity contribution in [1.82, 2.24) is 9.88 Å². The van der Waals surface area contributed by atoms with Gasteiger partial charge in [0.25, 0.3) is 0 Å². The summed E-state index contributed by atoms with van der Waals surface area (Å²) in [5, 5.41) is 22.0. The van der Waals surface area contributed by atoms with E-state index < -0.39 is 6.10 Å². The molecule has 1 aromatic heterocycles. The fraction of sp³-hybridized carbons (Fsp3) is 0.263. The van der Waals surface area contributed by atoms with Gasteiger partial charge in [0, 0.05) is 30.5 Å². The zero-order chi connectivity index (χ0) is 18.5. The summed E-state index contributed by atoms with van der Waals surface area (Å²) in [5.74, 6) is 0. The standard InChI is InChI=1S/C19H20ClN3O3/c20-16-10-14(17(25)12-24)11-21-18(16)13-6-8-23(9-7-13)19(26)22-15-4-2-1-3-5-15/h1-6,10-11,17,24-25H,7-9,12H2,(H,22,26). The zero-order valence-electron chi connectivity index (χ0n) is 14.1. The number of hydrogen-bond donors (Lipinski definition) is 3. The van der Waals surface area contributed by atoms with E-state index in [1.807, 2.05) is 36.4 Å². The number of nitrogens with zero attached hydrogens (tertiary/aromatic N) is 2. The van der Waals surface area contributed by atoms with Crippen molar-refractivity contribution in [3.63, 3.8) is 0 Å². The van der Waals surface area contributed by atoms with Gasteiger partial charge in [-0.15, -0.1) is 0 Å². The minimum absolute atomic E-state index is 0.146. The van der Waals surface area contributed by atoms with Gasteiger partial charge in [0.1, 0.15) is 6.10 Å².